The second-order valence-corrected chi connectivity index (χ2v) is 5.83. The number of fused-ring (bicyclic) bond motifs is 1. The molecule has 1 heterocycles. The van der Waals surface area contributed by atoms with Gasteiger partial charge in [-0.15, -0.1) is 0 Å². The first-order valence-electron chi connectivity index (χ1n) is 8.13. The summed E-state index contributed by atoms with van der Waals surface area (Å²) in [6.07, 6.45) is 0. The highest BCUT2D eigenvalue weighted by atomic mass is 16.5. The number of hydrogen-bond acceptors (Lipinski definition) is 6. The van der Waals surface area contributed by atoms with Crippen LogP contribution in [0.25, 0.3) is 11.0 Å². The molecule has 0 unspecified atom stereocenters. The number of methoxy groups -OCH3 is 3. The van der Waals surface area contributed by atoms with Crippen molar-refractivity contribution in [2.45, 2.75) is 13.5 Å². The second-order valence-electron chi connectivity index (χ2n) is 5.83. The number of anilines is 1. The maximum absolute atomic E-state index is 11.9. The fraction of sp³-hybridized carbons (Fsp3) is 0.250. The molecule has 0 aliphatic heterocycles. The van der Waals surface area contributed by atoms with Gasteiger partial charge in [-0.25, -0.2) is 4.79 Å². The van der Waals surface area contributed by atoms with Crippen LogP contribution >= 0.6 is 0 Å². The Kier molecular flexibility index (Phi) is 5.02. The van der Waals surface area contributed by atoms with Gasteiger partial charge in [-0.05, 0) is 36.2 Å². The maximum atomic E-state index is 11.9. The van der Waals surface area contributed by atoms with Gasteiger partial charge in [-0.2, -0.15) is 0 Å². The van der Waals surface area contributed by atoms with E-state index in [4.69, 9.17) is 18.6 Å². The second kappa shape index (κ2) is 7.39. The molecule has 6 nitrogen and oxygen atoms in total. The summed E-state index contributed by atoms with van der Waals surface area (Å²) in [6.45, 7) is 2.44. The summed E-state index contributed by atoms with van der Waals surface area (Å²) in [7, 11) is 4.78. The van der Waals surface area contributed by atoms with Crippen molar-refractivity contribution in [1.29, 1.82) is 0 Å². The topological polar surface area (TPSA) is 69.9 Å². The first kappa shape index (κ1) is 17.7. The number of aryl methyl sites for hydroxylation is 1. The summed E-state index contributed by atoms with van der Waals surface area (Å²) in [6, 6.07) is 10.7. The SMILES string of the molecule is COc1ccc2c(CNc3cc(OC)c(OC)cc3C)cc(=O)oc2c1. The lowest BCUT2D eigenvalue weighted by atomic mass is 10.1. The predicted octanol–water partition coefficient (Wildman–Crippen LogP) is 3.74. The zero-order valence-corrected chi connectivity index (χ0v) is 15.2. The van der Waals surface area contributed by atoms with Crippen LogP contribution < -0.4 is 25.2 Å². The molecule has 0 atom stereocenters. The average molecular weight is 355 g/mol. The van der Waals surface area contributed by atoms with Crippen molar-refractivity contribution in [3.8, 4) is 17.2 Å². The average Bonchev–Trinajstić information content (AvgIpc) is 2.65. The predicted molar refractivity (Wildman–Crippen MR) is 101 cm³/mol. The first-order chi connectivity index (χ1) is 12.5. The lowest BCUT2D eigenvalue weighted by Crippen LogP contribution is -2.07. The van der Waals surface area contributed by atoms with Crippen LogP contribution in [0.5, 0.6) is 17.2 Å². The third-order valence-electron chi connectivity index (χ3n) is 4.24. The van der Waals surface area contributed by atoms with Gasteiger partial charge in [0.05, 0.1) is 21.3 Å². The Morgan fingerprint density at radius 3 is 2.38 bits per heavy atom. The van der Waals surface area contributed by atoms with Crippen molar-refractivity contribution in [1.82, 2.24) is 0 Å². The number of nitrogens with one attached hydrogen (secondary N) is 1. The highest BCUT2D eigenvalue weighted by Crippen LogP contribution is 2.33. The number of rotatable bonds is 6. The Morgan fingerprint density at radius 2 is 1.69 bits per heavy atom. The molecule has 0 aliphatic carbocycles. The standard InChI is InChI=1S/C20H21NO5/c1-12-7-18(24-3)19(25-4)10-16(12)21-11-13-8-20(22)26-17-9-14(23-2)5-6-15(13)17/h5-10,21H,11H2,1-4H3. The van der Waals surface area contributed by atoms with Gasteiger partial charge in [0.1, 0.15) is 11.3 Å². The van der Waals surface area contributed by atoms with E-state index in [0.717, 1.165) is 22.2 Å². The number of benzene rings is 2. The van der Waals surface area contributed by atoms with Crippen LogP contribution in [0, 0.1) is 6.92 Å². The van der Waals surface area contributed by atoms with Crippen LogP contribution in [-0.2, 0) is 6.54 Å². The van der Waals surface area contributed by atoms with Gasteiger partial charge in [-0.1, -0.05) is 0 Å². The molecule has 136 valence electrons. The molecule has 3 aromatic rings. The Balaban J connectivity index is 1.94. The Hall–Kier alpha value is -3.15. The molecule has 0 amide bonds. The Labute approximate surface area is 151 Å². The first-order valence-corrected chi connectivity index (χ1v) is 8.13. The summed E-state index contributed by atoms with van der Waals surface area (Å²) in [5.41, 5.74) is 2.85. The van der Waals surface area contributed by atoms with E-state index in [0.29, 0.717) is 29.4 Å². The lowest BCUT2D eigenvalue weighted by Gasteiger charge is -2.15. The molecule has 0 bridgehead atoms. The van der Waals surface area contributed by atoms with Crippen LogP contribution in [0.1, 0.15) is 11.1 Å². The Morgan fingerprint density at radius 1 is 0.962 bits per heavy atom. The van der Waals surface area contributed by atoms with E-state index < -0.39 is 5.63 Å². The van der Waals surface area contributed by atoms with Crippen molar-refractivity contribution in [2.75, 3.05) is 26.6 Å². The van der Waals surface area contributed by atoms with Crippen molar-refractivity contribution in [3.05, 3.63) is 57.9 Å². The molecule has 1 N–H and O–H groups in total. The van der Waals surface area contributed by atoms with E-state index in [1.54, 1.807) is 27.4 Å². The number of ether oxygens (including phenoxy) is 3. The third-order valence-corrected chi connectivity index (χ3v) is 4.24. The molecule has 6 heteroatoms. The van der Waals surface area contributed by atoms with Crippen LogP contribution in [0.2, 0.25) is 0 Å². The van der Waals surface area contributed by atoms with E-state index >= 15 is 0 Å². The van der Waals surface area contributed by atoms with Crippen molar-refractivity contribution in [2.24, 2.45) is 0 Å². The molecule has 2 aromatic carbocycles. The summed E-state index contributed by atoms with van der Waals surface area (Å²) in [5, 5.41) is 4.21. The summed E-state index contributed by atoms with van der Waals surface area (Å²) < 4.78 is 21.1. The van der Waals surface area contributed by atoms with Crippen LogP contribution in [0.15, 0.2) is 45.6 Å². The van der Waals surface area contributed by atoms with Gasteiger partial charge in [0.2, 0.25) is 0 Å². The molecule has 0 fully saturated rings. The van der Waals surface area contributed by atoms with E-state index in [-0.39, 0.29) is 0 Å². The molecular formula is C20H21NO5. The molecule has 0 spiro atoms. The fourth-order valence-corrected chi connectivity index (χ4v) is 2.84. The van der Waals surface area contributed by atoms with Gasteiger partial charge in [0.15, 0.2) is 11.5 Å². The fourth-order valence-electron chi connectivity index (χ4n) is 2.84. The molecule has 0 saturated heterocycles. The van der Waals surface area contributed by atoms with E-state index in [2.05, 4.69) is 5.32 Å². The molecule has 0 saturated carbocycles. The van der Waals surface area contributed by atoms with Crippen LogP contribution in [0.3, 0.4) is 0 Å². The van der Waals surface area contributed by atoms with Gasteiger partial charge >= 0.3 is 5.63 Å². The number of hydrogen-bond donors (Lipinski definition) is 1. The van der Waals surface area contributed by atoms with E-state index in [1.165, 1.54) is 6.07 Å². The third kappa shape index (κ3) is 3.44. The van der Waals surface area contributed by atoms with Gasteiger partial charge in [0, 0.05) is 35.8 Å². The lowest BCUT2D eigenvalue weighted by molar-refractivity contribution is 0.355. The maximum Gasteiger partial charge on any atom is 0.336 e. The van der Waals surface area contributed by atoms with E-state index in [1.807, 2.05) is 31.2 Å². The Bertz CT molecular complexity index is 993. The zero-order chi connectivity index (χ0) is 18.7. The molecule has 3 rings (SSSR count). The quantitative estimate of drug-likeness (QED) is 0.679. The zero-order valence-electron chi connectivity index (χ0n) is 15.2. The minimum Gasteiger partial charge on any atom is -0.497 e. The minimum atomic E-state index is -0.397. The molecule has 0 aliphatic rings. The molecule has 1 aromatic heterocycles. The molecule has 26 heavy (non-hydrogen) atoms. The van der Waals surface area contributed by atoms with E-state index in [9.17, 15) is 4.79 Å². The largest absolute Gasteiger partial charge is 0.497 e. The highest BCUT2D eigenvalue weighted by Gasteiger charge is 2.11. The summed E-state index contributed by atoms with van der Waals surface area (Å²) in [5.74, 6) is 1.96. The van der Waals surface area contributed by atoms with Crippen molar-refractivity contribution >= 4 is 16.7 Å². The molecule has 0 radical (unpaired) electrons. The normalized spacial score (nSPS) is 10.6. The summed E-state index contributed by atoms with van der Waals surface area (Å²) in [4.78, 5) is 11.9. The highest BCUT2D eigenvalue weighted by molar-refractivity contribution is 5.81. The van der Waals surface area contributed by atoms with Gasteiger partial charge in [0.25, 0.3) is 0 Å². The molecular weight excluding hydrogens is 334 g/mol. The summed E-state index contributed by atoms with van der Waals surface area (Å²) >= 11 is 0. The minimum absolute atomic E-state index is 0.397. The van der Waals surface area contributed by atoms with Gasteiger partial charge < -0.3 is 23.9 Å². The van der Waals surface area contributed by atoms with Crippen LogP contribution in [0.4, 0.5) is 5.69 Å². The van der Waals surface area contributed by atoms with Gasteiger partial charge in [-0.3, -0.25) is 0 Å². The monoisotopic (exact) mass is 355 g/mol. The van der Waals surface area contributed by atoms with Crippen molar-refractivity contribution in [3.63, 3.8) is 0 Å². The van der Waals surface area contributed by atoms with Crippen molar-refractivity contribution < 1.29 is 18.6 Å². The van der Waals surface area contributed by atoms with Crippen LogP contribution in [-0.4, -0.2) is 21.3 Å². The smallest absolute Gasteiger partial charge is 0.336 e.